The van der Waals surface area contributed by atoms with Crippen LogP contribution in [-0.2, 0) is 0 Å². The van der Waals surface area contributed by atoms with Gasteiger partial charge in [0.25, 0.3) is 0 Å². The van der Waals surface area contributed by atoms with E-state index in [1.165, 1.54) is 12.8 Å². The average molecular weight is 286 g/mol. The van der Waals surface area contributed by atoms with E-state index in [1.54, 1.807) is 6.07 Å². The third-order valence-electron chi connectivity index (χ3n) is 4.48. The maximum Gasteiger partial charge on any atom is 0.137 e. The van der Waals surface area contributed by atoms with Crippen LogP contribution in [0.5, 0.6) is 5.75 Å². The average Bonchev–Trinajstić information content (AvgIpc) is 2.47. The molecule has 3 heteroatoms. The van der Waals surface area contributed by atoms with Gasteiger partial charge in [0.15, 0.2) is 0 Å². The van der Waals surface area contributed by atoms with Crippen LogP contribution >= 0.6 is 0 Å². The SMILES string of the molecule is CC(C)(C)C1CCN(CCOc2ccccc2C#N)CC1. The molecule has 2 rings (SSSR count). The Labute approximate surface area is 128 Å². The first-order valence-corrected chi connectivity index (χ1v) is 7.85. The van der Waals surface area contributed by atoms with E-state index in [0.717, 1.165) is 25.6 Å². The van der Waals surface area contributed by atoms with Gasteiger partial charge in [0, 0.05) is 6.54 Å². The fourth-order valence-electron chi connectivity index (χ4n) is 2.99. The smallest absolute Gasteiger partial charge is 0.137 e. The summed E-state index contributed by atoms with van der Waals surface area (Å²) in [7, 11) is 0. The Balaban J connectivity index is 1.75. The molecule has 1 aromatic carbocycles. The molecule has 1 aliphatic rings. The predicted molar refractivity (Wildman–Crippen MR) is 85.3 cm³/mol. The molecule has 0 saturated carbocycles. The standard InChI is InChI=1S/C18H26N2O/c1-18(2,3)16-8-10-20(11-9-16)12-13-21-17-7-5-4-6-15(17)14-19/h4-7,16H,8-13H2,1-3H3. The van der Waals surface area contributed by atoms with Crippen LogP contribution in [0.1, 0.15) is 39.2 Å². The highest BCUT2D eigenvalue weighted by molar-refractivity contribution is 5.42. The summed E-state index contributed by atoms with van der Waals surface area (Å²) in [5, 5.41) is 9.03. The number of benzene rings is 1. The molecule has 1 fully saturated rings. The summed E-state index contributed by atoms with van der Waals surface area (Å²) >= 11 is 0. The lowest BCUT2D eigenvalue weighted by Gasteiger charge is -2.38. The molecule has 3 nitrogen and oxygen atoms in total. The van der Waals surface area contributed by atoms with Gasteiger partial charge in [0.05, 0.1) is 5.56 Å². The molecule has 1 heterocycles. The van der Waals surface area contributed by atoms with Gasteiger partial charge < -0.3 is 4.74 Å². The Morgan fingerprint density at radius 1 is 1.24 bits per heavy atom. The highest BCUT2D eigenvalue weighted by atomic mass is 16.5. The molecule has 0 radical (unpaired) electrons. The maximum absolute atomic E-state index is 9.03. The normalized spacial score (nSPS) is 17.4. The van der Waals surface area contributed by atoms with Gasteiger partial charge in [-0.05, 0) is 49.4 Å². The van der Waals surface area contributed by atoms with E-state index < -0.39 is 0 Å². The lowest BCUT2D eigenvalue weighted by molar-refractivity contribution is 0.101. The van der Waals surface area contributed by atoms with Gasteiger partial charge in [-0.15, -0.1) is 0 Å². The number of nitrogens with zero attached hydrogens (tertiary/aromatic N) is 2. The van der Waals surface area contributed by atoms with Crippen LogP contribution in [0.3, 0.4) is 0 Å². The van der Waals surface area contributed by atoms with E-state index in [-0.39, 0.29) is 0 Å². The van der Waals surface area contributed by atoms with Crippen molar-refractivity contribution in [1.29, 1.82) is 5.26 Å². The first-order chi connectivity index (χ1) is 10.0. The largest absolute Gasteiger partial charge is 0.491 e. The first-order valence-electron chi connectivity index (χ1n) is 7.85. The van der Waals surface area contributed by atoms with Gasteiger partial charge in [0.1, 0.15) is 18.4 Å². The summed E-state index contributed by atoms with van der Waals surface area (Å²) in [5.74, 6) is 1.53. The molecule has 0 bridgehead atoms. The lowest BCUT2D eigenvalue weighted by atomic mass is 9.75. The Morgan fingerprint density at radius 2 is 1.90 bits per heavy atom. The van der Waals surface area contributed by atoms with Gasteiger partial charge in [-0.25, -0.2) is 0 Å². The number of para-hydroxylation sites is 1. The van der Waals surface area contributed by atoms with Crippen molar-refractivity contribution in [2.75, 3.05) is 26.2 Å². The molecule has 0 unspecified atom stereocenters. The first kappa shape index (κ1) is 15.9. The molecule has 1 aliphatic heterocycles. The van der Waals surface area contributed by atoms with Crippen LogP contribution < -0.4 is 4.74 Å². The summed E-state index contributed by atoms with van der Waals surface area (Å²) in [6, 6.07) is 9.60. The summed E-state index contributed by atoms with van der Waals surface area (Å²) < 4.78 is 5.76. The van der Waals surface area contributed by atoms with Crippen LogP contribution in [0.2, 0.25) is 0 Å². The zero-order valence-electron chi connectivity index (χ0n) is 13.4. The molecule has 1 aromatic rings. The van der Waals surface area contributed by atoms with Crippen molar-refractivity contribution in [1.82, 2.24) is 4.90 Å². The minimum absolute atomic E-state index is 0.425. The number of rotatable bonds is 4. The molecular weight excluding hydrogens is 260 g/mol. The van der Waals surface area contributed by atoms with Crippen molar-refractivity contribution in [3.63, 3.8) is 0 Å². The van der Waals surface area contributed by atoms with Crippen LogP contribution in [0.25, 0.3) is 0 Å². The van der Waals surface area contributed by atoms with Crippen molar-refractivity contribution >= 4 is 0 Å². The number of likely N-dealkylation sites (tertiary alicyclic amines) is 1. The molecule has 0 spiro atoms. The van der Waals surface area contributed by atoms with Crippen LogP contribution in [0.4, 0.5) is 0 Å². The van der Waals surface area contributed by atoms with E-state index in [9.17, 15) is 0 Å². The Kier molecular flexibility index (Phi) is 5.25. The lowest BCUT2D eigenvalue weighted by Crippen LogP contribution is -2.39. The molecule has 0 aliphatic carbocycles. The number of hydrogen-bond donors (Lipinski definition) is 0. The van der Waals surface area contributed by atoms with Crippen molar-refractivity contribution in [2.24, 2.45) is 11.3 Å². The van der Waals surface area contributed by atoms with Gasteiger partial charge in [-0.3, -0.25) is 4.90 Å². The molecule has 0 atom stereocenters. The summed E-state index contributed by atoms with van der Waals surface area (Å²) in [6.07, 6.45) is 2.55. The summed E-state index contributed by atoms with van der Waals surface area (Å²) in [5.41, 5.74) is 1.04. The predicted octanol–water partition coefficient (Wildman–Crippen LogP) is 3.70. The minimum Gasteiger partial charge on any atom is -0.491 e. The van der Waals surface area contributed by atoms with E-state index >= 15 is 0 Å². The second-order valence-corrected chi connectivity index (χ2v) is 6.94. The number of piperidine rings is 1. The molecule has 1 saturated heterocycles. The maximum atomic E-state index is 9.03. The molecule has 0 amide bonds. The fraction of sp³-hybridized carbons (Fsp3) is 0.611. The highest BCUT2D eigenvalue weighted by Gasteiger charge is 2.28. The van der Waals surface area contributed by atoms with E-state index in [2.05, 4.69) is 31.7 Å². The number of nitriles is 1. The topological polar surface area (TPSA) is 36.3 Å². The highest BCUT2D eigenvalue weighted by Crippen LogP contribution is 2.34. The van der Waals surface area contributed by atoms with Crippen LogP contribution in [0, 0.1) is 22.7 Å². The van der Waals surface area contributed by atoms with E-state index in [4.69, 9.17) is 10.00 Å². The molecular formula is C18H26N2O. The third kappa shape index (κ3) is 4.47. The Morgan fingerprint density at radius 3 is 2.52 bits per heavy atom. The van der Waals surface area contributed by atoms with Gasteiger partial charge in [-0.2, -0.15) is 5.26 Å². The minimum atomic E-state index is 0.425. The van der Waals surface area contributed by atoms with Crippen molar-refractivity contribution in [3.8, 4) is 11.8 Å². The Bertz CT molecular complexity index is 491. The molecule has 0 aromatic heterocycles. The van der Waals surface area contributed by atoms with Crippen molar-refractivity contribution < 1.29 is 4.74 Å². The zero-order valence-corrected chi connectivity index (χ0v) is 13.4. The number of ether oxygens (including phenoxy) is 1. The monoisotopic (exact) mass is 286 g/mol. The summed E-state index contributed by atoms with van der Waals surface area (Å²) in [4.78, 5) is 2.47. The Hall–Kier alpha value is -1.53. The quantitative estimate of drug-likeness (QED) is 0.847. The van der Waals surface area contributed by atoms with Crippen LogP contribution in [-0.4, -0.2) is 31.1 Å². The van der Waals surface area contributed by atoms with Crippen LogP contribution in [0.15, 0.2) is 24.3 Å². The summed E-state index contributed by atoms with van der Waals surface area (Å²) in [6.45, 7) is 10.9. The second-order valence-electron chi connectivity index (χ2n) is 6.94. The fourth-order valence-corrected chi connectivity index (χ4v) is 2.99. The second kappa shape index (κ2) is 6.95. The van der Waals surface area contributed by atoms with E-state index in [1.807, 2.05) is 18.2 Å². The molecule has 0 N–H and O–H groups in total. The van der Waals surface area contributed by atoms with Gasteiger partial charge in [-0.1, -0.05) is 32.9 Å². The molecule has 114 valence electrons. The van der Waals surface area contributed by atoms with Gasteiger partial charge in [0.2, 0.25) is 0 Å². The van der Waals surface area contributed by atoms with E-state index in [0.29, 0.717) is 23.3 Å². The zero-order chi connectivity index (χ0) is 15.3. The van der Waals surface area contributed by atoms with Gasteiger partial charge >= 0.3 is 0 Å². The van der Waals surface area contributed by atoms with Crippen molar-refractivity contribution in [3.05, 3.63) is 29.8 Å². The molecule has 21 heavy (non-hydrogen) atoms. The third-order valence-corrected chi connectivity index (χ3v) is 4.48. The van der Waals surface area contributed by atoms with Crippen molar-refractivity contribution in [2.45, 2.75) is 33.6 Å². The number of hydrogen-bond acceptors (Lipinski definition) is 3.